The summed E-state index contributed by atoms with van der Waals surface area (Å²) in [4.78, 5) is 0. The molecule has 0 aliphatic carbocycles. The van der Waals surface area contributed by atoms with Gasteiger partial charge in [-0.25, -0.2) is 0 Å². The molecule has 5 heteroatoms. The third-order valence-electron chi connectivity index (χ3n) is 1.97. The first-order valence-electron chi connectivity index (χ1n) is 3.74. The third kappa shape index (κ3) is 1.75. The fraction of sp³-hybridized carbons (Fsp3) is 1.00. The highest BCUT2D eigenvalue weighted by Crippen LogP contribution is 2.17. The Labute approximate surface area is 70.9 Å². The molecular weight excluding hydrogens is 164 g/mol. The molecule has 4 atom stereocenters. The van der Waals surface area contributed by atoms with Gasteiger partial charge in [0.05, 0.1) is 6.61 Å². The van der Waals surface area contributed by atoms with E-state index in [-0.39, 0.29) is 6.61 Å². The lowest BCUT2D eigenvalue weighted by molar-refractivity contribution is -0.265. The van der Waals surface area contributed by atoms with E-state index in [0.29, 0.717) is 0 Å². The molecule has 2 N–H and O–H groups in total. The van der Waals surface area contributed by atoms with Crippen LogP contribution in [0.15, 0.2) is 0 Å². The second-order valence-corrected chi connectivity index (χ2v) is 2.69. The molecule has 0 radical (unpaired) electrons. The van der Waals surface area contributed by atoms with Crippen LogP contribution in [-0.2, 0) is 14.2 Å². The van der Waals surface area contributed by atoms with Crippen molar-refractivity contribution in [1.29, 1.82) is 0 Å². The summed E-state index contributed by atoms with van der Waals surface area (Å²) in [6, 6.07) is 0. The van der Waals surface area contributed by atoms with Crippen molar-refractivity contribution in [3.63, 3.8) is 0 Å². The van der Waals surface area contributed by atoms with Gasteiger partial charge in [0, 0.05) is 14.2 Å². The SMILES string of the molecule is COC1COC(OC)C(O)C1O. The highest BCUT2D eigenvalue weighted by atomic mass is 16.7. The van der Waals surface area contributed by atoms with Gasteiger partial charge in [0.25, 0.3) is 0 Å². The summed E-state index contributed by atoms with van der Waals surface area (Å²) in [6.07, 6.45) is -3.24. The minimum absolute atomic E-state index is 0.229. The molecule has 5 nitrogen and oxygen atoms in total. The molecule has 12 heavy (non-hydrogen) atoms. The standard InChI is InChI=1S/C7H14O5/c1-10-4-3-12-7(11-2)6(9)5(4)8/h4-9H,3H2,1-2H3. The summed E-state index contributed by atoms with van der Waals surface area (Å²) in [7, 11) is 2.87. The summed E-state index contributed by atoms with van der Waals surface area (Å²) in [5.41, 5.74) is 0. The van der Waals surface area contributed by atoms with E-state index in [1.54, 1.807) is 0 Å². The third-order valence-corrected chi connectivity index (χ3v) is 1.97. The molecule has 1 heterocycles. The molecule has 0 spiro atoms. The number of aliphatic hydroxyl groups excluding tert-OH is 2. The lowest BCUT2D eigenvalue weighted by atomic mass is 10.1. The normalized spacial score (nSPS) is 43.0. The Morgan fingerprint density at radius 2 is 1.83 bits per heavy atom. The first kappa shape index (κ1) is 9.88. The van der Waals surface area contributed by atoms with Crippen LogP contribution in [0.1, 0.15) is 0 Å². The zero-order valence-corrected chi connectivity index (χ0v) is 7.14. The van der Waals surface area contributed by atoms with Gasteiger partial charge in [-0.05, 0) is 0 Å². The van der Waals surface area contributed by atoms with E-state index < -0.39 is 24.6 Å². The van der Waals surface area contributed by atoms with Crippen LogP contribution in [0.3, 0.4) is 0 Å². The predicted molar refractivity (Wildman–Crippen MR) is 39.6 cm³/mol. The van der Waals surface area contributed by atoms with Crippen molar-refractivity contribution in [2.45, 2.75) is 24.6 Å². The average molecular weight is 178 g/mol. The van der Waals surface area contributed by atoms with Crippen LogP contribution in [0, 0.1) is 0 Å². The van der Waals surface area contributed by atoms with Crippen molar-refractivity contribution in [1.82, 2.24) is 0 Å². The Balaban J connectivity index is 2.52. The van der Waals surface area contributed by atoms with Crippen LogP contribution in [0.2, 0.25) is 0 Å². The quantitative estimate of drug-likeness (QED) is 0.551. The molecular formula is C7H14O5. The predicted octanol–water partition coefficient (Wildman–Crippen LogP) is -1.27. The maximum Gasteiger partial charge on any atom is 0.185 e. The zero-order valence-electron chi connectivity index (χ0n) is 7.14. The molecule has 1 fully saturated rings. The lowest BCUT2D eigenvalue weighted by Gasteiger charge is -2.35. The van der Waals surface area contributed by atoms with Crippen LogP contribution >= 0.6 is 0 Å². The molecule has 1 aliphatic rings. The Hall–Kier alpha value is -0.200. The smallest absolute Gasteiger partial charge is 0.185 e. The molecule has 0 amide bonds. The van der Waals surface area contributed by atoms with Gasteiger partial charge < -0.3 is 24.4 Å². The van der Waals surface area contributed by atoms with Crippen molar-refractivity contribution < 1.29 is 24.4 Å². The summed E-state index contributed by atoms with van der Waals surface area (Å²) in [5, 5.41) is 18.8. The average Bonchev–Trinajstić information content (AvgIpc) is 2.10. The fourth-order valence-corrected chi connectivity index (χ4v) is 1.18. The van der Waals surface area contributed by atoms with Crippen LogP contribution in [0.4, 0.5) is 0 Å². The summed E-state index contributed by atoms with van der Waals surface area (Å²) < 4.78 is 14.7. The second-order valence-electron chi connectivity index (χ2n) is 2.69. The van der Waals surface area contributed by atoms with Crippen molar-refractivity contribution in [3.8, 4) is 0 Å². The number of rotatable bonds is 2. The van der Waals surface area contributed by atoms with Gasteiger partial charge >= 0.3 is 0 Å². The van der Waals surface area contributed by atoms with E-state index in [4.69, 9.17) is 14.2 Å². The van der Waals surface area contributed by atoms with Crippen LogP contribution < -0.4 is 0 Å². The van der Waals surface area contributed by atoms with E-state index >= 15 is 0 Å². The first-order valence-corrected chi connectivity index (χ1v) is 3.74. The highest BCUT2D eigenvalue weighted by Gasteiger charge is 2.38. The molecule has 0 bridgehead atoms. The Morgan fingerprint density at radius 1 is 1.17 bits per heavy atom. The maximum atomic E-state index is 9.40. The van der Waals surface area contributed by atoms with E-state index in [1.165, 1.54) is 14.2 Å². The first-order chi connectivity index (χ1) is 5.70. The van der Waals surface area contributed by atoms with Gasteiger partial charge in [0.15, 0.2) is 6.29 Å². The Kier molecular flexibility index (Phi) is 3.42. The summed E-state index contributed by atoms with van der Waals surface area (Å²) >= 11 is 0. The lowest BCUT2D eigenvalue weighted by Crippen LogP contribution is -2.54. The van der Waals surface area contributed by atoms with Gasteiger partial charge in [0.2, 0.25) is 0 Å². The van der Waals surface area contributed by atoms with Gasteiger partial charge in [-0.1, -0.05) is 0 Å². The molecule has 0 aromatic rings. The van der Waals surface area contributed by atoms with Gasteiger partial charge in [-0.2, -0.15) is 0 Å². The van der Waals surface area contributed by atoms with Gasteiger partial charge in [0.1, 0.15) is 18.3 Å². The highest BCUT2D eigenvalue weighted by molar-refractivity contribution is 4.83. The number of hydrogen-bond acceptors (Lipinski definition) is 5. The van der Waals surface area contributed by atoms with E-state index in [0.717, 1.165) is 0 Å². The molecule has 1 rings (SSSR count). The van der Waals surface area contributed by atoms with E-state index in [1.807, 2.05) is 0 Å². The van der Waals surface area contributed by atoms with E-state index in [2.05, 4.69) is 0 Å². The molecule has 1 aliphatic heterocycles. The Morgan fingerprint density at radius 3 is 2.33 bits per heavy atom. The minimum atomic E-state index is -1.05. The number of ether oxygens (including phenoxy) is 3. The second kappa shape index (κ2) is 4.15. The van der Waals surface area contributed by atoms with Crippen LogP contribution in [0.5, 0.6) is 0 Å². The van der Waals surface area contributed by atoms with Crippen molar-refractivity contribution in [2.75, 3.05) is 20.8 Å². The summed E-state index contributed by atoms with van der Waals surface area (Å²) in [5.74, 6) is 0. The molecule has 0 aromatic carbocycles. The monoisotopic (exact) mass is 178 g/mol. The molecule has 72 valence electrons. The molecule has 4 unspecified atom stereocenters. The maximum absolute atomic E-state index is 9.40. The minimum Gasteiger partial charge on any atom is -0.387 e. The topological polar surface area (TPSA) is 68.2 Å². The molecule has 0 saturated carbocycles. The number of methoxy groups -OCH3 is 2. The van der Waals surface area contributed by atoms with E-state index in [9.17, 15) is 10.2 Å². The van der Waals surface area contributed by atoms with Gasteiger partial charge in [-0.3, -0.25) is 0 Å². The van der Waals surface area contributed by atoms with Crippen LogP contribution in [-0.4, -0.2) is 55.6 Å². The van der Waals surface area contributed by atoms with Crippen molar-refractivity contribution >= 4 is 0 Å². The fourth-order valence-electron chi connectivity index (χ4n) is 1.18. The molecule has 1 saturated heterocycles. The van der Waals surface area contributed by atoms with Crippen molar-refractivity contribution in [3.05, 3.63) is 0 Å². The Bertz CT molecular complexity index is 124. The van der Waals surface area contributed by atoms with Gasteiger partial charge in [-0.15, -0.1) is 0 Å². The number of aliphatic hydroxyl groups is 2. The van der Waals surface area contributed by atoms with Crippen LogP contribution in [0.25, 0.3) is 0 Å². The number of hydrogen-bond donors (Lipinski definition) is 2. The van der Waals surface area contributed by atoms with Crippen molar-refractivity contribution in [2.24, 2.45) is 0 Å². The molecule has 0 aromatic heterocycles. The largest absolute Gasteiger partial charge is 0.387 e. The zero-order chi connectivity index (χ0) is 9.14. The summed E-state index contributed by atoms with van der Waals surface area (Å²) in [6.45, 7) is 0.229.